The van der Waals surface area contributed by atoms with E-state index in [1.54, 1.807) is 0 Å². The molecule has 0 radical (unpaired) electrons. The van der Waals surface area contributed by atoms with Crippen molar-refractivity contribution >= 4 is 23.2 Å². The van der Waals surface area contributed by atoms with E-state index in [4.69, 9.17) is 0 Å². The van der Waals surface area contributed by atoms with E-state index in [1.165, 1.54) is 37.1 Å². The largest absolute Gasteiger partial charge is 0.418 e. The van der Waals surface area contributed by atoms with E-state index in [9.17, 15) is 35.9 Å². The third-order valence-electron chi connectivity index (χ3n) is 5.55. The zero-order chi connectivity index (χ0) is 26.8. The molecule has 1 aliphatic carbocycles. The SMILES string of the molecule is O=C(NC1(C(=O)NCc2ccc(Nc3ccc(C(F)(F)F)cc3C(F)(F)F)cn2)CC1)c1cncnc1. The monoisotopic (exact) mass is 524 g/mol. The molecule has 1 saturated carbocycles. The number of carbonyl (C=O) groups excluding carboxylic acids is 2. The highest BCUT2D eigenvalue weighted by molar-refractivity contribution is 6.00. The van der Waals surface area contributed by atoms with E-state index in [2.05, 4.69) is 30.9 Å². The van der Waals surface area contributed by atoms with E-state index in [0.717, 1.165) is 0 Å². The second kappa shape index (κ2) is 9.67. The molecule has 0 bridgehead atoms. The van der Waals surface area contributed by atoms with Crippen LogP contribution in [-0.2, 0) is 23.7 Å². The molecular formula is C23H18F6N6O2. The van der Waals surface area contributed by atoms with Gasteiger partial charge in [-0.25, -0.2) is 9.97 Å². The van der Waals surface area contributed by atoms with Gasteiger partial charge in [-0.3, -0.25) is 14.6 Å². The van der Waals surface area contributed by atoms with Crippen LogP contribution in [0, 0.1) is 0 Å². The maximum absolute atomic E-state index is 13.3. The van der Waals surface area contributed by atoms with Crippen LogP contribution in [0.25, 0.3) is 0 Å². The number of carbonyl (C=O) groups is 2. The molecule has 0 aliphatic heterocycles. The maximum atomic E-state index is 13.3. The lowest BCUT2D eigenvalue weighted by Gasteiger charge is -2.18. The number of nitrogens with zero attached hydrogens (tertiary/aromatic N) is 3. The van der Waals surface area contributed by atoms with Gasteiger partial charge in [-0.15, -0.1) is 0 Å². The van der Waals surface area contributed by atoms with Crippen LogP contribution in [0.4, 0.5) is 37.7 Å². The summed E-state index contributed by atoms with van der Waals surface area (Å²) in [7, 11) is 0. The van der Waals surface area contributed by atoms with Gasteiger partial charge in [0.05, 0.1) is 46.5 Å². The van der Waals surface area contributed by atoms with Crippen molar-refractivity contribution < 1.29 is 35.9 Å². The molecule has 2 heterocycles. The number of rotatable bonds is 7. The highest BCUT2D eigenvalue weighted by Gasteiger charge is 2.51. The number of benzene rings is 1. The molecule has 0 atom stereocenters. The first-order valence-corrected chi connectivity index (χ1v) is 10.7. The number of halogens is 6. The standard InChI is InChI=1S/C23H18F6N6O2/c24-22(25,26)14-1-4-18(17(7-14)23(27,28)29)34-16-3-2-15(32-11-16)10-33-20(37)21(5-6-21)35-19(36)13-8-30-12-31-9-13/h1-4,7-9,11-12,34H,5-6,10H2,(H,33,37)(H,35,36). The smallest absolute Gasteiger partial charge is 0.354 e. The van der Waals surface area contributed by atoms with Crippen LogP contribution in [0.15, 0.2) is 55.2 Å². The summed E-state index contributed by atoms with van der Waals surface area (Å²) in [6.07, 6.45) is -4.00. The molecule has 0 spiro atoms. The number of hydrogen-bond acceptors (Lipinski definition) is 6. The molecule has 0 unspecified atom stereocenters. The Kier molecular flexibility index (Phi) is 6.76. The second-order valence-corrected chi connectivity index (χ2v) is 8.27. The number of hydrogen-bond donors (Lipinski definition) is 3. The van der Waals surface area contributed by atoms with Gasteiger partial charge in [-0.1, -0.05) is 0 Å². The van der Waals surface area contributed by atoms with Gasteiger partial charge >= 0.3 is 12.4 Å². The number of aromatic nitrogens is 3. The van der Waals surface area contributed by atoms with E-state index >= 15 is 0 Å². The van der Waals surface area contributed by atoms with Gasteiger partial charge in [-0.2, -0.15) is 26.3 Å². The van der Waals surface area contributed by atoms with Crippen molar-refractivity contribution in [2.75, 3.05) is 5.32 Å². The van der Waals surface area contributed by atoms with Crippen LogP contribution in [0.1, 0.15) is 40.0 Å². The predicted molar refractivity (Wildman–Crippen MR) is 117 cm³/mol. The minimum absolute atomic E-state index is 0.0285. The Bertz CT molecular complexity index is 1290. The van der Waals surface area contributed by atoms with Crippen molar-refractivity contribution in [3.05, 3.63) is 77.6 Å². The van der Waals surface area contributed by atoms with Crippen molar-refractivity contribution in [1.29, 1.82) is 0 Å². The maximum Gasteiger partial charge on any atom is 0.418 e. The number of pyridine rings is 1. The number of anilines is 2. The minimum atomic E-state index is -5.02. The quantitative estimate of drug-likeness (QED) is 0.400. The van der Waals surface area contributed by atoms with Crippen molar-refractivity contribution in [1.82, 2.24) is 25.6 Å². The molecule has 1 aromatic carbocycles. The first-order chi connectivity index (χ1) is 17.4. The van der Waals surface area contributed by atoms with Crippen LogP contribution in [0.3, 0.4) is 0 Å². The number of nitrogens with one attached hydrogen (secondary N) is 3. The average molecular weight is 524 g/mol. The highest BCUT2D eigenvalue weighted by Crippen LogP contribution is 2.40. The predicted octanol–water partition coefficient (Wildman–Crippen LogP) is 4.23. The fourth-order valence-corrected chi connectivity index (χ4v) is 3.40. The molecule has 1 fully saturated rings. The summed E-state index contributed by atoms with van der Waals surface area (Å²) in [4.78, 5) is 36.5. The van der Waals surface area contributed by atoms with Crippen molar-refractivity contribution in [3.63, 3.8) is 0 Å². The van der Waals surface area contributed by atoms with Crippen molar-refractivity contribution in [2.45, 2.75) is 37.3 Å². The summed E-state index contributed by atoms with van der Waals surface area (Å²) < 4.78 is 78.6. The van der Waals surface area contributed by atoms with Gasteiger partial charge < -0.3 is 16.0 Å². The van der Waals surface area contributed by atoms with E-state index in [-0.39, 0.29) is 23.9 Å². The van der Waals surface area contributed by atoms with E-state index in [1.807, 2.05) is 0 Å². The summed E-state index contributed by atoms with van der Waals surface area (Å²) in [6.45, 7) is -0.0285. The summed E-state index contributed by atoms with van der Waals surface area (Å²) in [5.74, 6) is -0.926. The van der Waals surface area contributed by atoms with Gasteiger partial charge in [0, 0.05) is 12.4 Å². The van der Waals surface area contributed by atoms with Crippen molar-refractivity contribution in [3.8, 4) is 0 Å². The molecular weight excluding hydrogens is 506 g/mol. The van der Waals surface area contributed by atoms with Gasteiger partial charge in [0.2, 0.25) is 5.91 Å². The molecule has 8 nitrogen and oxygen atoms in total. The number of amides is 2. The van der Waals surface area contributed by atoms with Gasteiger partial charge in [0.1, 0.15) is 11.9 Å². The Morgan fingerprint density at radius 3 is 2.19 bits per heavy atom. The summed E-state index contributed by atoms with van der Waals surface area (Å²) >= 11 is 0. The lowest BCUT2D eigenvalue weighted by Crippen LogP contribution is -2.48. The molecule has 2 aromatic heterocycles. The first-order valence-electron chi connectivity index (χ1n) is 10.7. The summed E-state index contributed by atoms with van der Waals surface area (Å²) in [5, 5.41) is 7.74. The Balaban J connectivity index is 1.38. The van der Waals surface area contributed by atoms with Crippen LogP contribution in [-0.4, -0.2) is 32.3 Å². The van der Waals surface area contributed by atoms with E-state index < -0.39 is 46.5 Å². The molecule has 194 valence electrons. The normalized spacial score (nSPS) is 14.5. The lowest BCUT2D eigenvalue weighted by atomic mass is 10.1. The van der Waals surface area contributed by atoms with Gasteiger partial charge in [0.25, 0.3) is 5.91 Å². The molecule has 37 heavy (non-hydrogen) atoms. The third-order valence-corrected chi connectivity index (χ3v) is 5.55. The van der Waals surface area contributed by atoms with Crippen LogP contribution in [0.2, 0.25) is 0 Å². The molecule has 14 heteroatoms. The zero-order valence-corrected chi connectivity index (χ0v) is 18.7. The minimum Gasteiger partial charge on any atom is -0.354 e. The Morgan fingerprint density at radius 1 is 0.919 bits per heavy atom. The molecule has 4 rings (SSSR count). The topological polar surface area (TPSA) is 109 Å². The van der Waals surface area contributed by atoms with E-state index in [0.29, 0.717) is 30.7 Å². The summed E-state index contributed by atoms with van der Waals surface area (Å²) in [5.41, 5.74) is -3.87. The fraction of sp³-hybridized carbons (Fsp3) is 0.261. The molecule has 0 saturated heterocycles. The molecule has 3 N–H and O–H groups in total. The third kappa shape index (κ3) is 6.13. The van der Waals surface area contributed by atoms with Crippen LogP contribution in [0.5, 0.6) is 0 Å². The zero-order valence-electron chi connectivity index (χ0n) is 18.7. The Morgan fingerprint density at radius 2 is 1.62 bits per heavy atom. The Labute approximate surface area is 205 Å². The molecule has 1 aliphatic rings. The lowest BCUT2D eigenvalue weighted by molar-refractivity contribution is -0.142. The molecule has 2 amide bonds. The number of alkyl halides is 6. The van der Waals surface area contributed by atoms with Gasteiger partial charge in [0.15, 0.2) is 0 Å². The van der Waals surface area contributed by atoms with Crippen LogP contribution >= 0.6 is 0 Å². The first kappa shape index (κ1) is 25.9. The van der Waals surface area contributed by atoms with Crippen LogP contribution < -0.4 is 16.0 Å². The Hall–Kier alpha value is -4.23. The highest BCUT2D eigenvalue weighted by atomic mass is 19.4. The molecule has 3 aromatic rings. The summed E-state index contributed by atoms with van der Waals surface area (Å²) in [6, 6.07) is 4.09. The second-order valence-electron chi connectivity index (χ2n) is 8.27. The van der Waals surface area contributed by atoms with Crippen molar-refractivity contribution in [2.24, 2.45) is 0 Å². The van der Waals surface area contributed by atoms with Gasteiger partial charge in [-0.05, 0) is 43.2 Å². The fourth-order valence-electron chi connectivity index (χ4n) is 3.40. The average Bonchev–Trinajstić information content (AvgIpc) is 3.63.